The highest BCUT2D eigenvalue weighted by Gasteiger charge is 2.23. The summed E-state index contributed by atoms with van der Waals surface area (Å²) in [4.78, 5) is 14.2. The lowest BCUT2D eigenvalue weighted by atomic mass is 9.92. The quantitative estimate of drug-likeness (QED) is 0.792. The summed E-state index contributed by atoms with van der Waals surface area (Å²) < 4.78 is 5.41. The summed E-state index contributed by atoms with van der Waals surface area (Å²) in [5.74, 6) is 2.16. The summed E-state index contributed by atoms with van der Waals surface area (Å²) in [6.45, 7) is 8.80. The molecule has 1 heterocycles. The van der Waals surface area contributed by atoms with Crippen LogP contribution >= 0.6 is 0 Å². The van der Waals surface area contributed by atoms with Gasteiger partial charge in [0.05, 0.1) is 6.61 Å². The van der Waals surface area contributed by atoms with Crippen LogP contribution < -0.4 is 4.74 Å². The van der Waals surface area contributed by atoms with Crippen LogP contribution in [0.15, 0.2) is 30.3 Å². The van der Waals surface area contributed by atoms with E-state index in [1.54, 1.807) is 6.08 Å². The average Bonchev–Trinajstić information content (AvgIpc) is 2.45. The van der Waals surface area contributed by atoms with Crippen molar-refractivity contribution in [3.63, 3.8) is 0 Å². The van der Waals surface area contributed by atoms with E-state index in [0.29, 0.717) is 18.4 Å². The van der Waals surface area contributed by atoms with Gasteiger partial charge in [-0.25, -0.2) is 0 Å². The maximum Gasteiger partial charge on any atom is 0.246 e. The molecule has 1 aliphatic rings. The van der Waals surface area contributed by atoms with Crippen LogP contribution in [0.4, 0.5) is 0 Å². The van der Waals surface area contributed by atoms with Crippen LogP contribution in [0.1, 0.15) is 32.8 Å². The number of hydrogen-bond donors (Lipinski definition) is 0. The minimum atomic E-state index is 0.113. The minimum Gasteiger partial charge on any atom is -0.494 e. The zero-order valence-electron chi connectivity index (χ0n) is 13.2. The Balaban J connectivity index is 1.95. The molecular weight excluding hydrogens is 262 g/mol. The molecule has 21 heavy (non-hydrogen) atoms. The molecule has 1 fully saturated rings. The first-order chi connectivity index (χ1) is 10.1. The summed E-state index contributed by atoms with van der Waals surface area (Å²) in [6, 6.07) is 7.80. The van der Waals surface area contributed by atoms with Crippen LogP contribution in [-0.4, -0.2) is 30.5 Å². The first-order valence-electron chi connectivity index (χ1n) is 7.78. The largest absolute Gasteiger partial charge is 0.494 e. The van der Waals surface area contributed by atoms with Gasteiger partial charge in [0, 0.05) is 19.2 Å². The zero-order chi connectivity index (χ0) is 15.2. The molecule has 2 atom stereocenters. The van der Waals surface area contributed by atoms with E-state index in [2.05, 4.69) is 13.8 Å². The lowest BCUT2D eigenvalue weighted by molar-refractivity contribution is -0.128. The third kappa shape index (κ3) is 4.62. The van der Waals surface area contributed by atoms with Crippen molar-refractivity contribution in [3.8, 4) is 5.75 Å². The first-order valence-corrected chi connectivity index (χ1v) is 7.78. The minimum absolute atomic E-state index is 0.113. The molecular formula is C18H25NO2. The molecule has 3 nitrogen and oxygen atoms in total. The summed E-state index contributed by atoms with van der Waals surface area (Å²) >= 11 is 0. The number of rotatable bonds is 4. The Morgan fingerprint density at radius 1 is 1.24 bits per heavy atom. The Morgan fingerprint density at radius 3 is 2.43 bits per heavy atom. The number of piperidine rings is 1. The van der Waals surface area contributed by atoms with Crippen LogP contribution in [-0.2, 0) is 4.79 Å². The smallest absolute Gasteiger partial charge is 0.246 e. The maximum atomic E-state index is 12.2. The SMILES string of the molecule is CCOc1ccc(/C=C/C(=O)N2CC(C)CC(C)C2)cc1. The van der Waals surface area contributed by atoms with Crippen molar-refractivity contribution in [2.45, 2.75) is 27.2 Å². The molecule has 1 amide bonds. The van der Waals surface area contributed by atoms with Gasteiger partial charge in [-0.1, -0.05) is 26.0 Å². The van der Waals surface area contributed by atoms with Gasteiger partial charge in [0.15, 0.2) is 0 Å². The van der Waals surface area contributed by atoms with E-state index in [9.17, 15) is 4.79 Å². The van der Waals surface area contributed by atoms with Crippen LogP contribution in [0, 0.1) is 11.8 Å². The van der Waals surface area contributed by atoms with Gasteiger partial charge in [-0.15, -0.1) is 0 Å². The molecule has 0 aliphatic carbocycles. The van der Waals surface area contributed by atoms with E-state index in [-0.39, 0.29) is 5.91 Å². The van der Waals surface area contributed by atoms with E-state index < -0.39 is 0 Å². The molecule has 0 bridgehead atoms. The van der Waals surface area contributed by atoms with Crippen molar-refractivity contribution in [3.05, 3.63) is 35.9 Å². The second-order valence-corrected chi connectivity index (χ2v) is 6.02. The third-order valence-corrected chi connectivity index (χ3v) is 3.79. The molecule has 0 saturated carbocycles. The predicted octanol–water partition coefficient (Wildman–Crippen LogP) is 3.60. The first kappa shape index (κ1) is 15.6. The van der Waals surface area contributed by atoms with Gasteiger partial charge in [-0.2, -0.15) is 0 Å². The fourth-order valence-corrected chi connectivity index (χ4v) is 2.96. The predicted molar refractivity (Wildman–Crippen MR) is 86.2 cm³/mol. The van der Waals surface area contributed by atoms with E-state index in [1.807, 2.05) is 42.2 Å². The van der Waals surface area contributed by atoms with E-state index in [0.717, 1.165) is 24.4 Å². The topological polar surface area (TPSA) is 29.5 Å². The van der Waals surface area contributed by atoms with Gasteiger partial charge in [-0.3, -0.25) is 4.79 Å². The molecule has 2 unspecified atom stereocenters. The molecule has 0 N–H and O–H groups in total. The van der Waals surface area contributed by atoms with Crippen LogP contribution in [0.2, 0.25) is 0 Å². The molecule has 1 aromatic carbocycles. The van der Waals surface area contributed by atoms with Crippen molar-refractivity contribution < 1.29 is 9.53 Å². The van der Waals surface area contributed by atoms with Crippen LogP contribution in [0.25, 0.3) is 6.08 Å². The highest BCUT2D eigenvalue weighted by atomic mass is 16.5. The van der Waals surface area contributed by atoms with Gasteiger partial charge < -0.3 is 9.64 Å². The van der Waals surface area contributed by atoms with Gasteiger partial charge >= 0.3 is 0 Å². The highest BCUT2D eigenvalue weighted by molar-refractivity contribution is 5.91. The van der Waals surface area contributed by atoms with Crippen molar-refractivity contribution >= 4 is 12.0 Å². The lowest BCUT2D eigenvalue weighted by Crippen LogP contribution is -2.41. The number of carbonyl (C=O) groups is 1. The van der Waals surface area contributed by atoms with E-state index in [4.69, 9.17) is 4.74 Å². The highest BCUT2D eigenvalue weighted by Crippen LogP contribution is 2.21. The zero-order valence-corrected chi connectivity index (χ0v) is 13.2. The van der Waals surface area contributed by atoms with Crippen molar-refractivity contribution in [1.29, 1.82) is 0 Å². The molecule has 2 rings (SSSR count). The standard InChI is InChI=1S/C18H25NO2/c1-4-21-17-8-5-16(6-9-17)7-10-18(20)19-12-14(2)11-15(3)13-19/h5-10,14-15H,4,11-13H2,1-3H3/b10-7+. The molecule has 1 aliphatic heterocycles. The molecule has 0 aromatic heterocycles. The van der Waals surface area contributed by atoms with Gasteiger partial charge in [0.1, 0.15) is 5.75 Å². The molecule has 1 saturated heterocycles. The Kier molecular flexibility index (Phi) is 5.43. The number of likely N-dealkylation sites (tertiary alicyclic amines) is 1. The summed E-state index contributed by atoms with van der Waals surface area (Å²) in [5, 5.41) is 0. The number of carbonyl (C=O) groups excluding carboxylic acids is 1. The number of nitrogens with zero attached hydrogens (tertiary/aromatic N) is 1. The normalized spacial score (nSPS) is 22.5. The van der Waals surface area contributed by atoms with Crippen molar-refractivity contribution in [2.24, 2.45) is 11.8 Å². The fraction of sp³-hybridized carbons (Fsp3) is 0.500. The van der Waals surface area contributed by atoms with Crippen molar-refractivity contribution in [1.82, 2.24) is 4.90 Å². The van der Waals surface area contributed by atoms with Gasteiger partial charge in [0.2, 0.25) is 5.91 Å². The molecule has 0 radical (unpaired) electrons. The van der Waals surface area contributed by atoms with Crippen LogP contribution in [0.3, 0.4) is 0 Å². The average molecular weight is 287 g/mol. The summed E-state index contributed by atoms with van der Waals surface area (Å²) in [6.07, 6.45) is 4.77. The molecule has 0 spiro atoms. The monoisotopic (exact) mass is 287 g/mol. The number of amides is 1. The van der Waals surface area contributed by atoms with Gasteiger partial charge in [-0.05, 0) is 49.0 Å². The van der Waals surface area contributed by atoms with E-state index >= 15 is 0 Å². The molecule has 3 heteroatoms. The van der Waals surface area contributed by atoms with Crippen LogP contribution in [0.5, 0.6) is 5.75 Å². The maximum absolute atomic E-state index is 12.2. The summed E-state index contributed by atoms with van der Waals surface area (Å²) in [7, 11) is 0. The lowest BCUT2D eigenvalue weighted by Gasteiger charge is -2.34. The Bertz CT molecular complexity index is 482. The van der Waals surface area contributed by atoms with E-state index in [1.165, 1.54) is 6.42 Å². The fourth-order valence-electron chi connectivity index (χ4n) is 2.96. The summed E-state index contributed by atoms with van der Waals surface area (Å²) in [5.41, 5.74) is 1.02. The van der Waals surface area contributed by atoms with Crippen molar-refractivity contribution in [2.75, 3.05) is 19.7 Å². The third-order valence-electron chi connectivity index (χ3n) is 3.79. The Labute approximate surface area is 127 Å². The van der Waals surface area contributed by atoms with Gasteiger partial charge in [0.25, 0.3) is 0 Å². The number of benzene rings is 1. The second-order valence-electron chi connectivity index (χ2n) is 6.02. The number of ether oxygens (including phenoxy) is 1. The Hall–Kier alpha value is -1.77. The number of hydrogen-bond acceptors (Lipinski definition) is 2. The Morgan fingerprint density at radius 2 is 1.86 bits per heavy atom. The molecule has 114 valence electrons. The second kappa shape index (κ2) is 7.30. The molecule has 1 aromatic rings.